The van der Waals surface area contributed by atoms with E-state index in [1.807, 2.05) is 0 Å². The molecule has 252 valence electrons. The molecule has 0 unspecified atom stereocenters. The quantitative estimate of drug-likeness (QED) is 0.305. The number of esters is 4. The predicted molar refractivity (Wildman–Crippen MR) is 159 cm³/mol. The van der Waals surface area contributed by atoms with E-state index in [-0.39, 0.29) is 24.8 Å². The third-order valence-electron chi connectivity index (χ3n) is 10.5. The highest BCUT2D eigenvalue weighted by Crippen LogP contribution is 2.59. The van der Waals surface area contributed by atoms with Crippen LogP contribution < -0.4 is 0 Å². The molecule has 2 aliphatic carbocycles. The first-order valence-corrected chi connectivity index (χ1v) is 15.6. The van der Waals surface area contributed by atoms with Gasteiger partial charge in [0.1, 0.15) is 18.0 Å². The zero-order valence-corrected chi connectivity index (χ0v) is 27.6. The van der Waals surface area contributed by atoms with Crippen LogP contribution in [-0.4, -0.2) is 65.5 Å². The molecule has 46 heavy (non-hydrogen) atoms. The maximum Gasteiger partial charge on any atom is 0.331 e. The van der Waals surface area contributed by atoms with Crippen LogP contribution in [0.25, 0.3) is 0 Å². The molecule has 1 aromatic heterocycles. The number of rotatable bonds is 9. The van der Waals surface area contributed by atoms with Gasteiger partial charge in [-0.15, -0.1) is 0 Å². The van der Waals surface area contributed by atoms with E-state index < -0.39 is 93.9 Å². The van der Waals surface area contributed by atoms with Gasteiger partial charge in [-0.1, -0.05) is 41.5 Å². The molecule has 0 amide bonds. The van der Waals surface area contributed by atoms with Crippen molar-refractivity contribution in [1.29, 1.82) is 0 Å². The van der Waals surface area contributed by atoms with Crippen LogP contribution in [0.15, 0.2) is 34.7 Å². The van der Waals surface area contributed by atoms with Crippen LogP contribution in [0, 0.1) is 34.5 Å². The van der Waals surface area contributed by atoms with E-state index in [1.165, 1.54) is 19.6 Å². The van der Waals surface area contributed by atoms with Gasteiger partial charge in [-0.05, 0) is 30.4 Å². The zero-order chi connectivity index (χ0) is 34.4. The van der Waals surface area contributed by atoms with Gasteiger partial charge in [0.25, 0.3) is 0 Å². The number of aliphatic hydroxyl groups is 1. The van der Waals surface area contributed by atoms with Crippen LogP contribution in [-0.2, 0) is 47.7 Å². The molecule has 12 nitrogen and oxygen atoms in total. The summed E-state index contributed by atoms with van der Waals surface area (Å²) >= 11 is 0. The van der Waals surface area contributed by atoms with Crippen molar-refractivity contribution in [1.82, 2.24) is 0 Å². The zero-order valence-electron chi connectivity index (χ0n) is 27.6. The Hall–Kier alpha value is -3.80. The largest absolute Gasteiger partial charge is 0.472 e. The maximum absolute atomic E-state index is 14.5. The summed E-state index contributed by atoms with van der Waals surface area (Å²) in [5, 5.41) is 12.7. The normalized spacial score (nSPS) is 33.5. The second-order valence-corrected chi connectivity index (χ2v) is 13.7. The van der Waals surface area contributed by atoms with Gasteiger partial charge in [0, 0.05) is 48.2 Å². The molecule has 12 heteroatoms. The van der Waals surface area contributed by atoms with Crippen LogP contribution in [0.1, 0.15) is 85.8 Å². The van der Waals surface area contributed by atoms with Crippen LogP contribution in [0.5, 0.6) is 0 Å². The lowest BCUT2D eigenvalue weighted by Gasteiger charge is -2.56. The molecule has 2 fully saturated rings. The molecule has 0 saturated heterocycles. The first kappa shape index (κ1) is 35.1. The van der Waals surface area contributed by atoms with E-state index in [2.05, 4.69) is 0 Å². The fourth-order valence-electron chi connectivity index (χ4n) is 7.61. The van der Waals surface area contributed by atoms with E-state index in [0.717, 1.165) is 13.0 Å². The second kappa shape index (κ2) is 12.8. The predicted octanol–water partition coefficient (Wildman–Crippen LogP) is 3.83. The van der Waals surface area contributed by atoms with Crippen LogP contribution >= 0.6 is 0 Å². The lowest BCUT2D eigenvalue weighted by atomic mass is 9.52. The Morgan fingerprint density at radius 1 is 1.15 bits per heavy atom. The minimum atomic E-state index is -2.69. The number of hydrogen-bond donors (Lipinski definition) is 1. The summed E-state index contributed by atoms with van der Waals surface area (Å²) < 4.78 is 27.7. The van der Waals surface area contributed by atoms with Gasteiger partial charge in [0.2, 0.25) is 0 Å². The Morgan fingerprint density at radius 2 is 1.83 bits per heavy atom. The number of carbonyl (C=O) groups is 6. The van der Waals surface area contributed by atoms with Gasteiger partial charge >= 0.3 is 23.9 Å². The fourth-order valence-corrected chi connectivity index (χ4v) is 7.61. The molecule has 4 rings (SSSR count). The number of ether oxygens (including phenoxy) is 4. The first-order valence-electron chi connectivity index (χ1n) is 15.6. The Balaban J connectivity index is 1.95. The smallest absolute Gasteiger partial charge is 0.331 e. The van der Waals surface area contributed by atoms with Crippen molar-refractivity contribution in [3.8, 4) is 0 Å². The Morgan fingerprint density at radius 3 is 2.39 bits per heavy atom. The van der Waals surface area contributed by atoms with Crippen molar-refractivity contribution in [3.63, 3.8) is 0 Å². The van der Waals surface area contributed by atoms with E-state index in [1.54, 1.807) is 47.6 Å². The van der Waals surface area contributed by atoms with Gasteiger partial charge in [0.05, 0.1) is 31.5 Å². The topological polar surface area (TPSA) is 173 Å². The molecule has 0 aromatic carbocycles. The molecular formula is C34H44O12. The molecule has 3 aliphatic rings. The standard InChI is InChI=1S/C34H44O12/c1-9-17(2)31(40)46-29-26(27(39)18(3)21(32(29,5)6)14-24(37)42-8)30(44-19(4)35)34(41)22-15-25(38)45-28(20-11-13-43-16-20)33(22,7)12-10-23(34)36/h11,13,15-18,21,26,28-30,41H,9-10,12,14H2,1-8H3/t17-,18-,21-,26-,28+,29-,30-,33-,34+/m1/s1. The number of ketones is 2. The van der Waals surface area contributed by atoms with Crippen LogP contribution in [0.3, 0.4) is 0 Å². The lowest BCUT2D eigenvalue weighted by molar-refractivity contribution is -0.210. The van der Waals surface area contributed by atoms with Crippen molar-refractivity contribution in [2.45, 2.75) is 98.1 Å². The van der Waals surface area contributed by atoms with Crippen molar-refractivity contribution in [2.24, 2.45) is 34.5 Å². The van der Waals surface area contributed by atoms with Gasteiger partial charge in [-0.3, -0.25) is 24.0 Å². The summed E-state index contributed by atoms with van der Waals surface area (Å²) in [6.07, 6.45) is -0.230. The molecule has 2 saturated carbocycles. The van der Waals surface area contributed by atoms with E-state index in [0.29, 0.717) is 12.0 Å². The van der Waals surface area contributed by atoms with Crippen molar-refractivity contribution < 1.29 is 57.2 Å². The molecule has 1 aliphatic heterocycles. The highest BCUT2D eigenvalue weighted by Gasteiger charge is 2.68. The minimum Gasteiger partial charge on any atom is -0.472 e. The average molecular weight is 645 g/mol. The molecule has 2 heterocycles. The number of furan rings is 1. The first-order chi connectivity index (χ1) is 21.4. The van der Waals surface area contributed by atoms with E-state index in [4.69, 9.17) is 23.4 Å². The summed E-state index contributed by atoms with van der Waals surface area (Å²) in [6, 6.07) is 1.60. The number of cyclic esters (lactones) is 1. The van der Waals surface area contributed by atoms with Gasteiger partial charge < -0.3 is 28.5 Å². The summed E-state index contributed by atoms with van der Waals surface area (Å²) in [7, 11) is 1.23. The molecule has 9 atom stereocenters. The maximum atomic E-state index is 14.5. The van der Waals surface area contributed by atoms with Crippen LogP contribution in [0.4, 0.5) is 0 Å². The number of hydrogen-bond acceptors (Lipinski definition) is 12. The second-order valence-electron chi connectivity index (χ2n) is 13.7. The van der Waals surface area contributed by atoms with Gasteiger partial charge in [0.15, 0.2) is 17.5 Å². The van der Waals surface area contributed by atoms with Crippen molar-refractivity contribution in [3.05, 3.63) is 35.8 Å². The van der Waals surface area contributed by atoms with Crippen molar-refractivity contribution in [2.75, 3.05) is 7.11 Å². The monoisotopic (exact) mass is 644 g/mol. The van der Waals surface area contributed by atoms with Crippen LogP contribution in [0.2, 0.25) is 0 Å². The third kappa shape index (κ3) is 5.80. The average Bonchev–Trinajstić information content (AvgIpc) is 3.54. The number of methoxy groups -OCH3 is 1. The number of fused-ring (bicyclic) bond motifs is 1. The summed E-state index contributed by atoms with van der Waals surface area (Å²) in [6.45, 7) is 11.3. The highest BCUT2D eigenvalue weighted by molar-refractivity contribution is 5.98. The van der Waals surface area contributed by atoms with Gasteiger partial charge in [-0.25, -0.2) is 4.79 Å². The Kier molecular flexibility index (Phi) is 9.74. The van der Waals surface area contributed by atoms with Gasteiger partial charge in [-0.2, -0.15) is 0 Å². The summed E-state index contributed by atoms with van der Waals surface area (Å²) in [4.78, 5) is 80.2. The Labute approximate surface area is 268 Å². The number of carbonyl (C=O) groups excluding carboxylic acids is 6. The third-order valence-corrected chi connectivity index (χ3v) is 10.5. The summed E-state index contributed by atoms with van der Waals surface area (Å²) in [5.74, 6) is -8.04. The van der Waals surface area contributed by atoms with E-state index >= 15 is 0 Å². The molecule has 0 radical (unpaired) electrons. The van der Waals surface area contributed by atoms with E-state index in [9.17, 15) is 33.9 Å². The number of Topliss-reactive ketones (excluding diaryl/α,β-unsaturated/α-hetero) is 2. The molecule has 0 bridgehead atoms. The minimum absolute atomic E-state index is 0.0769. The van der Waals surface area contributed by atoms with Crippen molar-refractivity contribution >= 4 is 35.4 Å². The Bertz CT molecular complexity index is 1420. The molecular weight excluding hydrogens is 600 g/mol. The summed E-state index contributed by atoms with van der Waals surface area (Å²) in [5.41, 5.74) is -4.60. The fraction of sp³-hybridized carbons (Fsp3) is 0.647. The molecule has 1 aromatic rings. The highest BCUT2D eigenvalue weighted by atomic mass is 16.6. The lowest BCUT2D eigenvalue weighted by Crippen LogP contribution is -2.68. The SMILES string of the molecule is CC[C@@H](C)C(=O)O[C@@H]1[C@H]([C@@H](OC(C)=O)[C@@]2(O)C(=O)CC[C@]3(C)C2=CC(=O)O[C@H]3c2ccoc2)C(=O)[C@H](C)[C@@H](CC(=O)OC)C1(C)C. The molecule has 0 spiro atoms. The molecule has 1 N–H and O–H groups in total.